The lowest BCUT2D eigenvalue weighted by Crippen LogP contribution is -2.16. The van der Waals surface area contributed by atoms with E-state index < -0.39 is 0 Å². The van der Waals surface area contributed by atoms with Gasteiger partial charge in [0.1, 0.15) is 16.7 Å². The van der Waals surface area contributed by atoms with E-state index in [1.54, 1.807) is 0 Å². The van der Waals surface area contributed by atoms with Gasteiger partial charge in [-0.2, -0.15) is 0 Å². The van der Waals surface area contributed by atoms with Crippen molar-refractivity contribution in [2.75, 3.05) is 4.90 Å². The summed E-state index contributed by atoms with van der Waals surface area (Å²) in [5.74, 6) is 0.585. The van der Waals surface area contributed by atoms with Crippen molar-refractivity contribution in [3.05, 3.63) is 193 Å². The van der Waals surface area contributed by atoms with Crippen LogP contribution < -0.4 is 4.90 Å². The molecule has 2 heterocycles. The number of aromatic nitrogens is 1. The summed E-state index contributed by atoms with van der Waals surface area (Å²) in [5, 5.41) is 2.01. The minimum absolute atomic E-state index is 0.132. The number of hydrogen-bond donors (Lipinski definition) is 0. The molecule has 0 N–H and O–H groups in total. The van der Waals surface area contributed by atoms with E-state index in [9.17, 15) is 0 Å². The minimum Gasteiger partial charge on any atom is -0.456 e. The third kappa shape index (κ3) is 5.10. The Kier molecular flexibility index (Phi) is 7.17. The Hall–Kier alpha value is -7.17. The average Bonchev–Trinajstić information content (AvgIpc) is 3.92. The van der Waals surface area contributed by atoms with Gasteiger partial charge in [-0.05, 0) is 105 Å². The standard InChI is InChI=1S/C52H36N2O2/c1-52(2)44-15-7-6-13-40(44)41-29-27-38(31-45(41)52)54(37-25-23-36(24-26-37)35-21-19-34(20-22-35)33-11-4-3-5-12-33)39-28-30-42-49(32-39)55-48-18-10-14-43(50(42)48)51-53-46-16-8-9-17-47(46)56-51/h3-32H,1-2H3. The molecule has 0 amide bonds. The molecule has 1 aliphatic carbocycles. The van der Waals surface area contributed by atoms with Crippen molar-refractivity contribution >= 4 is 50.1 Å². The quantitative estimate of drug-likeness (QED) is 0.171. The van der Waals surface area contributed by atoms with Gasteiger partial charge >= 0.3 is 0 Å². The minimum atomic E-state index is -0.132. The Morgan fingerprint density at radius 2 is 1.02 bits per heavy atom. The molecule has 11 rings (SSSR count). The van der Waals surface area contributed by atoms with Crippen molar-refractivity contribution < 1.29 is 8.83 Å². The van der Waals surface area contributed by atoms with E-state index in [1.807, 2.05) is 36.4 Å². The van der Waals surface area contributed by atoms with Crippen LogP contribution in [0, 0.1) is 0 Å². The van der Waals surface area contributed by atoms with Gasteiger partial charge in [0.2, 0.25) is 5.89 Å². The molecule has 266 valence electrons. The predicted octanol–water partition coefficient (Wildman–Crippen LogP) is 14.5. The fourth-order valence-electron chi connectivity index (χ4n) is 8.69. The molecular weight excluding hydrogens is 685 g/mol. The maximum atomic E-state index is 6.62. The van der Waals surface area contributed by atoms with Gasteiger partial charge in [-0.25, -0.2) is 4.98 Å². The smallest absolute Gasteiger partial charge is 0.228 e. The monoisotopic (exact) mass is 720 g/mol. The molecule has 2 aromatic heterocycles. The van der Waals surface area contributed by atoms with Crippen molar-refractivity contribution in [2.45, 2.75) is 19.3 Å². The van der Waals surface area contributed by atoms with Crippen molar-refractivity contribution in [1.29, 1.82) is 0 Å². The van der Waals surface area contributed by atoms with Gasteiger partial charge in [0, 0.05) is 44.9 Å². The summed E-state index contributed by atoms with van der Waals surface area (Å²) in [6, 6.07) is 64.4. The zero-order chi connectivity index (χ0) is 37.4. The summed E-state index contributed by atoms with van der Waals surface area (Å²) in [7, 11) is 0. The second kappa shape index (κ2) is 12.4. The fourth-order valence-corrected chi connectivity index (χ4v) is 8.69. The molecule has 0 fully saturated rings. The number of oxazole rings is 1. The largest absolute Gasteiger partial charge is 0.456 e. The molecular formula is C52H36N2O2. The maximum Gasteiger partial charge on any atom is 0.228 e. The highest BCUT2D eigenvalue weighted by atomic mass is 16.3. The van der Waals surface area contributed by atoms with Crippen LogP contribution in [0.3, 0.4) is 0 Å². The lowest BCUT2D eigenvalue weighted by atomic mass is 9.82. The molecule has 0 aliphatic heterocycles. The number of anilines is 3. The molecule has 8 aromatic carbocycles. The first-order chi connectivity index (χ1) is 27.5. The predicted molar refractivity (Wildman–Crippen MR) is 230 cm³/mol. The lowest BCUT2D eigenvalue weighted by Gasteiger charge is -2.28. The van der Waals surface area contributed by atoms with Crippen molar-refractivity contribution in [3.8, 4) is 44.8 Å². The fraction of sp³-hybridized carbons (Fsp3) is 0.0577. The number of benzene rings is 8. The molecule has 10 aromatic rings. The zero-order valence-corrected chi connectivity index (χ0v) is 31.0. The van der Waals surface area contributed by atoms with E-state index >= 15 is 0 Å². The highest BCUT2D eigenvalue weighted by Crippen LogP contribution is 2.51. The van der Waals surface area contributed by atoms with Crippen LogP contribution in [0.5, 0.6) is 0 Å². The molecule has 56 heavy (non-hydrogen) atoms. The van der Waals surface area contributed by atoms with Crippen LogP contribution in [0.25, 0.3) is 77.9 Å². The summed E-state index contributed by atoms with van der Waals surface area (Å²) in [4.78, 5) is 7.17. The van der Waals surface area contributed by atoms with Crippen LogP contribution in [0.4, 0.5) is 17.1 Å². The van der Waals surface area contributed by atoms with E-state index in [0.29, 0.717) is 5.89 Å². The first-order valence-electron chi connectivity index (χ1n) is 19.1. The molecule has 0 bridgehead atoms. The Morgan fingerprint density at radius 1 is 0.429 bits per heavy atom. The van der Waals surface area contributed by atoms with Crippen LogP contribution in [0.15, 0.2) is 191 Å². The van der Waals surface area contributed by atoms with E-state index in [1.165, 1.54) is 44.5 Å². The van der Waals surface area contributed by atoms with Gasteiger partial charge in [-0.15, -0.1) is 0 Å². The Morgan fingerprint density at radius 3 is 1.80 bits per heavy atom. The molecule has 0 spiro atoms. The Labute approximate surface area is 324 Å². The van der Waals surface area contributed by atoms with Crippen LogP contribution in [0.2, 0.25) is 0 Å². The SMILES string of the molecule is CC1(C)c2ccccc2-c2ccc(N(c3ccc(-c4ccc(-c5ccccc5)cc4)cc3)c3ccc4c(c3)oc3cccc(-c5nc6ccccc6o5)c34)cc21. The molecule has 0 saturated heterocycles. The van der Waals surface area contributed by atoms with Gasteiger partial charge in [0.15, 0.2) is 5.58 Å². The van der Waals surface area contributed by atoms with Crippen LogP contribution >= 0.6 is 0 Å². The second-order valence-corrected chi connectivity index (χ2v) is 15.2. The summed E-state index contributed by atoms with van der Waals surface area (Å²) in [6.07, 6.45) is 0. The molecule has 4 heteroatoms. The number of hydrogen-bond acceptors (Lipinski definition) is 4. The van der Waals surface area contributed by atoms with E-state index in [4.69, 9.17) is 13.8 Å². The summed E-state index contributed by atoms with van der Waals surface area (Å²) in [5.41, 5.74) is 17.2. The highest BCUT2D eigenvalue weighted by molar-refractivity contribution is 6.12. The number of para-hydroxylation sites is 2. The van der Waals surface area contributed by atoms with Gasteiger partial charge in [0.25, 0.3) is 0 Å². The van der Waals surface area contributed by atoms with Gasteiger partial charge in [-0.1, -0.05) is 129 Å². The lowest BCUT2D eigenvalue weighted by molar-refractivity contribution is 0.620. The highest BCUT2D eigenvalue weighted by Gasteiger charge is 2.35. The zero-order valence-electron chi connectivity index (χ0n) is 31.0. The first-order valence-corrected chi connectivity index (χ1v) is 19.1. The van der Waals surface area contributed by atoms with Gasteiger partial charge < -0.3 is 13.7 Å². The van der Waals surface area contributed by atoms with E-state index in [0.717, 1.165) is 55.7 Å². The summed E-state index contributed by atoms with van der Waals surface area (Å²) in [6.45, 7) is 4.66. The Bertz CT molecular complexity index is 3070. The number of furan rings is 1. The maximum absolute atomic E-state index is 6.62. The summed E-state index contributed by atoms with van der Waals surface area (Å²) >= 11 is 0. The van der Waals surface area contributed by atoms with E-state index in [-0.39, 0.29) is 5.41 Å². The molecule has 0 unspecified atom stereocenters. The second-order valence-electron chi connectivity index (χ2n) is 15.2. The number of rotatable bonds is 6. The number of nitrogens with zero attached hydrogens (tertiary/aromatic N) is 2. The van der Waals surface area contributed by atoms with Crippen LogP contribution in [0.1, 0.15) is 25.0 Å². The van der Waals surface area contributed by atoms with Crippen molar-refractivity contribution in [1.82, 2.24) is 4.98 Å². The van der Waals surface area contributed by atoms with E-state index in [2.05, 4.69) is 164 Å². The Balaban J connectivity index is 1.03. The van der Waals surface area contributed by atoms with Crippen LogP contribution in [-0.2, 0) is 5.41 Å². The van der Waals surface area contributed by atoms with Crippen molar-refractivity contribution in [3.63, 3.8) is 0 Å². The number of fused-ring (bicyclic) bond motifs is 7. The normalized spacial score (nSPS) is 13.0. The van der Waals surface area contributed by atoms with Crippen molar-refractivity contribution in [2.24, 2.45) is 0 Å². The van der Waals surface area contributed by atoms with Gasteiger partial charge in [-0.3, -0.25) is 0 Å². The first kappa shape index (κ1) is 32.3. The molecule has 0 saturated carbocycles. The third-order valence-corrected chi connectivity index (χ3v) is 11.5. The molecule has 4 nitrogen and oxygen atoms in total. The molecule has 1 aliphatic rings. The average molecular weight is 721 g/mol. The van der Waals surface area contributed by atoms with Crippen LogP contribution in [-0.4, -0.2) is 4.98 Å². The van der Waals surface area contributed by atoms with Gasteiger partial charge in [0.05, 0.1) is 0 Å². The summed E-state index contributed by atoms with van der Waals surface area (Å²) < 4.78 is 12.9. The molecule has 0 radical (unpaired) electrons. The molecule has 0 atom stereocenters. The topological polar surface area (TPSA) is 42.4 Å². The third-order valence-electron chi connectivity index (χ3n) is 11.5.